The van der Waals surface area contributed by atoms with Gasteiger partial charge >= 0.3 is 0 Å². The zero-order valence-electron chi connectivity index (χ0n) is 24.6. The Morgan fingerprint density at radius 2 is 0.441 bits per heavy atom. The zero-order chi connectivity index (χ0) is 24.3. The van der Waals surface area contributed by atoms with Crippen LogP contribution in [0.25, 0.3) is 0 Å². The summed E-state index contributed by atoms with van der Waals surface area (Å²) in [5.74, 6) is 0. The first kappa shape index (κ1) is 37.3. The maximum atomic E-state index is 2.35. The minimum absolute atomic E-state index is 0. The van der Waals surface area contributed by atoms with Gasteiger partial charge in [0.25, 0.3) is 0 Å². The van der Waals surface area contributed by atoms with E-state index in [0.29, 0.717) is 0 Å². The summed E-state index contributed by atoms with van der Waals surface area (Å²) in [4.78, 5) is 0. The zero-order valence-corrected chi connectivity index (χ0v) is 27.7. The molecule has 0 aliphatic rings. The predicted molar refractivity (Wildman–Crippen MR) is 160 cm³/mol. The van der Waals surface area contributed by atoms with Crippen molar-refractivity contribution < 1.29 is 24.0 Å². The molecule has 0 nitrogen and oxygen atoms in total. The van der Waals surface area contributed by atoms with Crippen LogP contribution in [0.1, 0.15) is 182 Å². The fraction of sp³-hybridized carbons (Fsp3) is 1.00. The molecule has 34 heavy (non-hydrogen) atoms. The number of unbranched alkanes of at least 4 members (excludes halogenated alkanes) is 20. The summed E-state index contributed by atoms with van der Waals surface area (Å²) in [6, 6.07) is 0. The van der Waals surface area contributed by atoms with Gasteiger partial charge in [0.1, 0.15) is 0 Å². The molecule has 0 radical (unpaired) electrons. The second-order valence-corrected chi connectivity index (χ2v) is 15.8. The first-order valence-corrected chi connectivity index (χ1v) is 18.6. The van der Waals surface area contributed by atoms with Gasteiger partial charge in [0.15, 0.2) is 0 Å². The third kappa shape index (κ3) is 24.8. The molecule has 0 bridgehead atoms. The Kier molecular flexibility index (Phi) is 33.3. The van der Waals surface area contributed by atoms with E-state index in [9.17, 15) is 0 Å². The molecule has 0 fully saturated rings. The summed E-state index contributed by atoms with van der Waals surface area (Å²) in [5.41, 5.74) is 0. The van der Waals surface area contributed by atoms with Crippen LogP contribution in [-0.4, -0.2) is 24.6 Å². The molecule has 2 heteroatoms. The van der Waals surface area contributed by atoms with Crippen molar-refractivity contribution in [2.24, 2.45) is 0 Å². The molecular weight excluding hydrogens is 542 g/mol. The molecule has 0 unspecified atom stereocenters. The van der Waals surface area contributed by atoms with Crippen LogP contribution >= 0.6 is 7.26 Å². The van der Waals surface area contributed by atoms with E-state index in [2.05, 4.69) is 27.7 Å². The van der Waals surface area contributed by atoms with E-state index in [-0.39, 0.29) is 24.0 Å². The number of hydrogen-bond donors (Lipinski definition) is 0. The molecule has 0 saturated carbocycles. The molecule has 0 aromatic carbocycles. The highest BCUT2D eigenvalue weighted by atomic mass is 127. The second-order valence-electron chi connectivity index (χ2n) is 11.3. The van der Waals surface area contributed by atoms with Crippen molar-refractivity contribution in [2.45, 2.75) is 182 Å². The van der Waals surface area contributed by atoms with Crippen LogP contribution in [0, 0.1) is 0 Å². The quantitative estimate of drug-likeness (QED) is 0.0470. The Bertz CT molecular complexity index is 287. The lowest BCUT2D eigenvalue weighted by Crippen LogP contribution is -3.00. The normalized spacial score (nSPS) is 11.6. The van der Waals surface area contributed by atoms with Gasteiger partial charge in [-0.25, -0.2) is 0 Å². The average molecular weight is 611 g/mol. The van der Waals surface area contributed by atoms with Gasteiger partial charge in [-0.2, -0.15) is 0 Å². The summed E-state index contributed by atoms with van der Waals surface area (Å²) in [6.07, 6.45) is 42.1. The van der Waals surface area contributed by atoms with Gasteiger partial charge in [0.05, 0.1) is 24.6 Å². The maximum Gasteiger partial charge on any atom is 0.0594 e. The van der Waals surface area contributed by atoms with Crippen molar-refractivity contribution in [3.63, 3.8) is 0 Å². The number of rotatable bonds is 28. The predicted octanol–water partition coefficient (Wildman–Crippen LogP) is 9.45. The van der Waals surface area contributed by atoms with E-state index in [4.69, 9.17) is 0 Å². The molecule has 0 aliphatic heterocycles. The van der Waals surface area contributed by atoms with Crippen molar-refractivity contribution in [1.82, 2.24) is 0 Å². The highest BCUT2D eigenvalue weighted by Crippen LogP contribution is 2.61. The third-order valence-corrected chi connectivity index (χ3v) is 13.0. The van der Waals surface area contributed by atoms with Crippen LogP contribution in [0.4, 0.5) is 0 Å². The van der Waals surface area contributed by atoms with E-state index in [1.807, 2.05) is 0 Å². The number of hydrogen-bond acceptors (Lipinski definition) is 0. The summed E-state index contributed by atoms with van der Waals surface area (Å²) in [5, 5.41) is 0. The Balaban J connectivity index is 0. The van der Waals surface area contributed by atoms with Gasteiger partial charge in [0, 0.05) is 7.26 Å². The van der Waals surface area contributed by atoms with Gasteiger partial charge in [0.2, 0.25) is 0 Å². The lowest BCUT2D eigenvalue weighted by Gasteiger charge is -2.28. The molecule has 0 N–H and O–H groups in total. The molecule has 0 spiro atoms. The molecule has 0 aromatic rings. The van der Waals surface area contributed by atoms with Crippen molar-refractivity contribution >= 4 is 7.26 Å². The smallest absolute Gasteiger partial charge is 0.0594 e. The van der Waals surface area contributed by atoms with Crippen LogP contribution in [0.2, 0.25) is 0 Å². The lowest BCUT2D eigenvalue weighted by molar-refractivity contribution is -0.00000755. The van der Waals surface area contributed by atoms with Crippen molar-refractivity contribution in [1.29, 1.82) is 0 Å². The highest BCUT2D eigenvalue weighted by Gasteiger charge is 2.34. The minimum Gasteiger partial charge on any atom is -1.00 e. The first-order chi connectivity index (χ1) is 16.2. The Hall–Kier alpha value is 1.16. The molecular formula is C32H68IP. The fourth-order valence-corrected chi connectivity index (χ4v) is 10.5. The van der Waals surface area contributed by atoms with Crippen LogP contribution in [-0.2, 0) is 0 Å². The van der Waals surface area contributed by atoms with Crippen LogP contribution in [0.15, 0.2) is 0 Å². The minimum atomic E-state index is -0.718. The summed E-state index contributed by atoms with van der Waals surface area (Å²) >= 11 is 0. The number of halogens is 1. The van der Waals surface area contributed by atoms with Gasteiger partial charge < -0.3 is 24.0 Å². The van der Waals surface area contributed by atoms with Crippen LogP contribution in [0.5, 0.6) is 0 Å². The Labute approximate surface area is 236 Å². The van der Waals surface area contributed by atoms with Gasteiger partial charge in [-0.05, 0) is 51.4 Å². The summed E-state index contributed by atoms with van der Waals surface area (Å²) < 4.78 is 0. The SMILES string of the molecule is CCCCCCCC[P+](CCCCCCCC)(CCCCCCCC)CCCCCCCC.[I-]. The third-order valence-electron chi connectivity index (χ3n) is 7.94. The lowest BCUT2D eigenvalue weighted by atomic mass is 10.1. The van der Waals surface area contributed by atoms with Crippen molar-refractivity contribution in [3.05, 3.63) is 0 Å². The topological polar surface area (TPSA) is 0 Å². The Morgan fingerprint density at radius 3 is 0.647 bits per heavy atom. The summed E-state index contributed by atoms with van der Waals surface area (Å²) in [7, 11) is -0.718. The molecule has 0 saturated heterocycles. The standard InChI is InChI=1S/C32H68P.HI/c1-5-9-13-17-21-25-29-33(30-26-22-18-14-10-6-2,31-27-23-19-15-11-7-3)32-28-24-20-16-12-8-4;/h5-32H2,1-4H3;1H/q+1;/p-1. The second kappa shape index (κ2) is 30.4. The average Bonchev–Trinajstić information content (AvgIpc) is 2.83. The highest BCUT2D eigenvalue weighted by molar-refractivity contribution is 7.75. The van der Waals surface area contributed by atoms with E-state index >= 15 is 0 Å². The van der Waals surface area contributed by atoms with Crippen molar-refractivity contribution in [2.75, 3.05) is 24.6 Å². The van der Waals surface area contributed by atoms with E-state index in [1.165, 1.54) is 128 Å². The van der Waals surface area contributed by atoms with Gasteiger partial charge in [-0.15, -0.1) is 0 Å². The molecule has 0 rings (SSSR count). The van der Waals surface area contributed by atoms with Crippen molar-refractivity contribution in [3.8, 4) is 0 Å². The van der Waals surface area contributed by atoms with Crippen LogP contribution in [0.3, 0.4) is 0 Å². The molecule has 0 aliphatic carbocycles. The molecule has 208 valence electrons. The molecule has 0 aromatic heterocycles. The summed E-state index contributed by atoms with van der Waals surface area (Å²) in [6.45, 7) is 9.38. The molecule has 0 heterocycles. The van der Waals surface area contributed by atoms with Gasteiger partial charge in [-0.1, -0.05) is 130 Å². The molecule has 0 amide bonds. The monoisotopic (exact) mass is 610 g/mol. The van der Waals surface area contributed by atoms with E-state index < -0.39 is 7.26 Å². The van der Waals surface area contributed by atoms with E-state index in [0.717, 1.165) is 0 Å². The largest absolute Gasteiger partial charge is 1.00 e. The fourth-order valence-electron chi connectivity index (χ4n) is 5.58. The van der Waals surface area contributed by atoms with Crippen LogP contribution < -0.4 is 24.0 Å². The molecule has 0 atom stereocenters. The first-order valence-electron chi connectivity index (χ1n) is 16.1. The van der Waals surface area contributed by atoms with E-state index in [1.54, 1.807) is 50.3 Å². The Morgan fingerprint density at radius 1 is 0.265 bits per heavy atom. The maximum absolute atomic E-state index is 2.35. The van der Waals surface area contributed by atoms with Gasteiger partial charge in [-0.3, -0.25) is 0 Å².